The number of amides is 2. The summed E-state index contributed by atoms with van der Waals surface area (Å²) in [5.74, 6) is -0.653. The van der Waals surface area contributed by atoms with E-state index in [1.807, 2.05) is 6.07 Å². The third-order valence-corrected chi connectivity index (χ3v) is 4.77. The van der Waals surface area contributed by atoms with E-state index in [1.165, 1.54) is 24.3 Å². The van der Waals surface area contributed by atoms with Gasteiger partial charge in [-0.2, -0.15) is 0 Å². The number of nitrogens with one attached hydrogen (secondary N) is 1. The Morgan fingerprint density at radius 1 is 1.15 bits per heavy atom. The predicted molar refractivity (Wildman–Crippen MR) is 103 cm³/mol. The molecule has 0 bridgehead atoms. The summed E-state index contributed by atoms with van der Waals surface area (Å²) >= 11 is 5.09. The Balaban J connectivity index is 1.65. The van der Waals surface area contributed by atoms with Crippen molar-refractivity contribution in [3.05, 3.63) is 53.5 Å². The van der Waals surface area contributed by atoms with E-state index < -0.39 is 17.6 Å². The first-order chi connectivity index (χ1) is 13.0. The molecule has 3 heterocycles. The Labute approximate surface area is 160 Å². The molecule has 2 saturated heterocycles. The first-order valence-corrected chi connectivity index (χ1v) is 8.95. The van der Waals surface area contributed by atoms with Gasteiger partial charge in [0.1, 0.15) is 17.2 Å². The third kappa shape index (κ3) is 3.35. The van der Waals surface area contributed by atoms with Gasteiger partial charge in [0, 0.05) is 19.2 Å². The summed E-state index contributed by atoms with van der Waals surface area (Å²) in [7, 11) is 0. The van der Waals surface area contributed by atoms with Crippen molar-refractivity contribution in [3.63, 3.8) is 0 Å². The molecule has 0 spiro atoms. The zero-order valence-electron chi connectivity index (χ0n) is 14.3. The summed E-state index contributed by atoms with van der Waals surface area (Å²) in [6.45, 7) is 1.84. The van der Waals surface area contributed by atoms with Crippen LogP contribution < -0.4 is 15.1 Å². The number of nitrogens with zero attached hydrogens (tertiary/aromatic N) is 2. The average molecular weight is 385 g/mol. The van der Waals surface area contributed by atoms with Crippen LogP contribution in [0.25, 0.3) is 6.08 Å². The SMILES string of the molecule is O=C1NC(=S)N(c2cccc(F)c2)C(=O)/C1=C\c1ccc(N2CCCC2)o1. The molecular formula is C19H16FN3O3S. The molecule has 8 heteroatoms. The van der Waals surface area contributed by atoms with Gasteiger partial charge < -0.3 is 9.32 Å². The Morgan fingerprint density at radius 2 is 1.93 bits per heavy atom. The van der Waals surface area contributed by atoms with Gasteiger partial charge in [-0.1, -0.05) is 6.07 Å². The van der Waals surface area contributed by atoms with Crippen molar-refractivity contribution in [2.75, 3.05) is 22.9 Å². The zero-order chi connectivity index (χ0) is 19.0. The number of halogens is 1. The first-order valence-electron chi connectivity index (χ1n) is 8.55. The topological polar surface area (TPSA) is 65.8 Å². The maximum Gasteiger partial charge on any atom is 0.270 e. The van der Waals surface area contributed by atoms with Gasteiger partial charge in [0.05, 0.1) is 5.69 Å². The molecule has 0 saturated carbocycles. The van der Waals surface area contributed by atoms with Gasteiger partial charge in [-0.05, 0) is 55.4 Å². The van der Waals surface area contributed by atoms with Crippen LogP contribution in [0.4, 0.5) is 16.0 Å². The maximum absolute atomic E-state index is 13.5. The van der Waals surface area contributed by atoms with Crippen LogP contribution in [0.15, 0.2) is 46.4 Å². The summed E-state index contributed by atoms with van der Waals surface area (Å²) in [5.41, 5.74) is 0.114. The number of hydrogen-bond acceptors (Lipinski definition) is 5. The molecule has 27 heavy (non-hydrogen) atoms. The molecule has 0 aliphatic carbocycles. The number of rotatable bonds is 3. The number of anilines is 2. The quantitative estimate of drug-likeness (QED) is 0.500. The summed E-state index contributed by atoms with van der Waals surface area (Å²) in [5, 5.41) is 2.37. The predicted octanol–water partition coefficient (Wildman–Crippen LogP) is 2.85. The molecule has 0 radical (unpaired) electrons. The fourth-order valence-corrected chi connectivity index (χ4v) is 3.46. The second-order valence-electron chi connectivity index (χ2n) is 6.31. The number of hydrogen-bond donors (Lipinski definition) is 1. The highest BCUT2D eigenvalue weighted by Crippen LogP contribution is 2.26. The molecule has 0 unspecified atom stereocenters. The third-order valence-electron chi connectivity index (χ3n) is 4.49. The van der Waals surface area contributed by atoms with Gasteiger partial charge in [0.25, 0.3) is 11.8 Å². The lowest BCUT2D eigenvalue weighted by molar-refractivity contribution is -0.122. The second-order valence-corrected chi connectivity index (χ2v) is 6.69. The molecule has 1 aromatic heterocycles. The van der Waals surface area contributed by atoms with Gasteiger partial charge >= 0.3 is 0 Å². The highest BCUT2D eigenvalue weighted by molar-refractivity contribution is 7.80. The highest BCUT2D eigenvalue weighted by Gasteiger charge is 2.35. The van der Waals surface area contributed by atoms with E-state index in [2.05, 4.69) is 10.2 Å². The molecule has 2 fully saturated rings. The first kappa shape index (κ1) is 17.4. The monoisotopic (exact) mass is 385 g/mol. The van der Waals surface area contributed by atoms with Crippen molar-refractivity contribution >= 4 is 46.8 Å². The fraction of sp³-hybridized carbons (Fsp3) is 0.211. The van der Waals surface area contributed by atoms with E-state index in [1.54, 1.807) is 12.1 Å². The van der Waals surface area contributed by atoms with E-state index in [-0.39, 0.29) is 16.4 Å². The van der Waals surface area contributed by atoms with Crippen LogP contribution in [0.5, 0.6) is 0 Å². The Kier molecular flexibility index (Phi) is 4.49. The molecule has 2 aromatic rings. The van der Waals surface area contributed by atoms with E-state index >= 15 is 0 Å². The van der Waals surface area contributed by atoms with Gasteiger partial charge in [-0.25, -0.2) is 4.39 Å². The average Bonchev–Trinajstić information content (AvgIpc) is 3.30. The van der Waals surface area contributed by atoms with Crippen LogP contribution in [0, 0.1) is 5.82 Å². The molecule has 138 valence electrons. The fourth-order valence-electron chi connectivity index (χ4n) is 3.18. The number of carbonyl (C=O) groups is 2. The maximum atomic E-state index is 13.5. The van der Waals surface area contributed by atoms with Crippen molar-refractivity contribution in [1.82, 2.24) is 5.32 Å². The molecule has 2 amide bonds. The van der Waals surface area contributed by atoms with Gasteiger partial charge in [0.2, 0.25) is 0 Å². The summed E-state index contributed by atoms with van der Waals surface area (Å²) in [6.07, 6.45) is 3.60. The van der Waals surface area contributed by atoms with Crippen LogP contribution >= 0.6 is 12.2 Å². The molecule has 1 aromatic carbocycles. The van der Waals surface area contributed by atoms with Crippen molar-refractivity contribution in [1.29, 1.82) is 0 Å². The minimum Gasteiger partial charge on any atom is -0.441 e. The van der Waals surface area contributed by atoms with Crippen LogP contribution in [0.3, 0.4) is 0 Å². The summed E-state index contributed by atoms with van der Waals surface area (Å²) < 4.78 is 19.3. The molecule has 2 aliphatic heterocycles. The number of carbonyl (C=O) groups excluding carboxylic acids is 2. The van der Waals surface area contributed by atoms with Crippen molar-refractivity contribution < 1.29 is 18.4 Å². The molecular weight excluding hydrogens is 369 g/mol. The normalized spacial score (nSPS) is 19.1. The van der Waals surface area contributed by atoms with Crippen molar-refractivity contribution in [2.45, 2.75) is 12.8 Å². The number of benzene rings is 1. The molecule has 0 atom stereocenters. The summed E-state index contributed by atoms with van der Waals surface area (Å²) in [6, 6.07) is 8.98. The zero-order valence-corrected chi connectivity index (χ0v) is 15.1. The smallest absolute Gasteiger partial charge is 0.270 e. The van der Waals surface area contributed by atoms with Crippen molar-refractivity contribution in [3.8, 4) is 0 Å². The minimum absolute atomic E-state index is 0.0926. The Hall–Kier alpha value is -3.00. The lowest BCUT2D eigenvalue weighted by Gasteiger charge is -2.28. The molecule has 2 aliphatic rings. The highest BCUT2D eigenvalue weighted by atomic mass is 32.1. The Bertz CT molecular complexity index is 963. The molecule has 1 N–H and O–H groups in total. The van der Waals surface area contributed by atoms with E-state index in [4.69, 9.17) is 16.6 Å². The van der Waals surface area contributed by atoms with E-state index in [9.17, 15) is 14.0 Å². The van der Waals surface area contributed by atoms with Crippen LogP contribution in [-0.4, -0.2) is 30.0 Å². The van der Waals surface area contributed by atoms with Crippen molar-refractivity contribution in [2.24, 2.45) is 0 Å². The van der Waals surface area contributed by atoms with Gasteiger partial charge in [0.15, 0.2) is 11.0 Å². The van der Waals surface area contributed by atoms with E-state index in [0.29, 0.717) is 11.6 Å². The van der Waals surface area contributed by atoms with Gasteiger partial charge in [-0.15, -0.1) is 0 Å². The van der Waals surface area contributed by atoms with Crippen LogP contribution in [0.1, 0.15) is 18.6 Å². The lowest BCUT2D eigenvalue weighted by Crippen LogP contribution is -2.54. The number of furan rings is 1. The number of thiocarbonyl (C=S) groups is 1. The minimum atomic E-state index is -0.631. The Morgan fingerprint density at radius 3 is 2.67 bits per heavy atom. The standard InChI is InChI=1S/C19H16FN3O3S/c20-12-4-3-5-13(10-12)23-18(25)15(17(24)21-19(23)27)11-14-6-7-16(26-14)22-8-1-2-9-22/h3-7,10-11H,1-2,8-9H2,(H,21,24,27)/b15-11-. The summed E-state index contributed by atoms with van der Waals surface area (Å²) in [4.78, 5) is 28.3. The lowest BCUT2D eigenvalue weighted by atomic mass is 10.1. The largest absolute Gasteiger partial charge is 0.441 e. The van der Waals surface area contributed by atoms with Gasteiger partial charge in [-0.3, -0.25) is 19.8 Å². The van der Waals surface area contributed by atoms with E-state index in [0.717, 1.165) is 30.8 Å². The van der Waals surface area contributed by atoms with Crippen LogP contribution in [-0.2, 0) is 9.59 Å². The second kappa shape index (κ2) is 6.96. The van der Waals surface area contributed by atoms with Crippen LogP contribution in [0.2, 0.25) is 0 Å². The molecule has 6 nitrogen and oxygen atoms in total. The molecule has 4 rings (SSSR count).